The second-order valence-electron chi connectivity index (χ2n) is 7.20. The highest BCUT2D eigenvalue weighted by Gasteiger charge is 2.21. The van der Waals surface area contributed by atoms with Crippen LogP contribution in [0.5, 0.6) is 0 Å². The number of aliphatic hydroxyl groups is 1. The standard InChI is InChI=1S/C22H31N3O4.ClH/c1-2-3-4-5-13-20(22(28)29)25-15-19(23-16-25)21(27)24-18-12-7-6-10-17(18)11-8-9-14-26;/h6-7,10,12,15-16,20,26H,2-5,8-9,11,13-14H2,1H3,(H,24,27)(H,28,29);1H. The molecule has 1 aromatic carbocycles. The Bertz CT molecular complexity index is 794. The van der Waals surface area contributed by atoms with Crippen molar-refractivity contribution in [2.24, 2.45) is 0 Å². The summed E-state index contributed by atoms with van der Waals surface area (Å²) < 4.78 is 1.51. The molecule has 1 unspecified atom stereocenters. The van der Waals surface area contributed by atoms with Crippen LogP contribution in [0.3, 0.4) is 0 Å². The van der Waals surface area contributed by atoms with Gasteiger partial charge in [0.2, 0.25) is 0 Å². The molecule has 7 nitrogen and oxygen atoms in total. The largest absolute Gasteiger partial charge is 0.480 e. The number of aliphatic hydroxyl groups excluding tert-OH is 1. The normalized spacial score (nSPS) is 11.5. The lowest BCUT2D eigenvalue weighted by Crippen LogP contribution is -2.18. The molecule has 0 spiro atoms. The number of carbonyl (C=O) groups excluding carboxylic acids is 1. The number of rotatable bonds is 13. The Labute approximate surface area is 183 Å². The van der Waals surface area contributed by atoms with Crippen LogP contribution >= 0.6 is 12.4 Å². The minimum atomic E-state index is -0.917. The number of anilines is 1. The van der Waals surface area contributed by atoms with E-state index >= 15 is 0 Å². The second kappa shape index (κ2) is 13.8. The zero-order chi connectivity index (χ0) is 21.1. The highest BCUT2D eigenvalue weighted by Crippen LogP contribution is 2.20. The van der Waals surface area contributed by atoms with E-state index in [0.717, 1.165) is 44.1 Å². The van der Waals surface area contributed by atoms with Gasteiger partial charge in [0.05, 0.1) is 6.33 Å². The van der Waals surface area contributed by atoms with Crippen LogP contribution in [0.15, 0.2) is 36.8 Å². The van der Waals surface area contributed by atoms with E-state index in [1.807, 2.05) is 24.3 Å². The summed E-state index contributed by atoms with van der Waals surface area (Å²) in [5, 5.41) is 21.4. The SMILES string of the molecule is CCCCCCC(C(=O)O)n1cnc(C(=O)Nc2ccccc2CCCCO)c1.Cl. The molecule has 1 atom stereocenters. The smallest absolute Gasteiger partial charge is 0.326 e. The van der Waals surface area contributed by atoms with Crippen molar-refractivity contribution in [2.45, 2.75) is 64.3 Å². The molecule has 0 saturated heterocycles. The number of aromatic nitrogens is 2. The van der Waals surface area contributed by atoms with E-state index in [0.29, 0.717) is 18.5 Å². The summed E-state index contributed by atoms with van der Waals surface area (Å²) in [5.41, 5.74) is 1.89. The molecule has 0 saturated carbocycles. The van der Waals surface area contributed by atoms with Gasteiger partial charge in [-0.15, -0.1) is 12.4 Å². The molecular formula is C22H32ClN3O4. The maximum absolute atomic E-state index is 12.6. The van der Waals surface area contributed by atoms with E-state index in [4.69, 9.17) is 5.11 Å². The number of unbranched alkanes of at least 4 members (excludes halogenated alkanes) is 4. The summed E-state index contributed by atoms with van der Waals surface area (Å²) in [7, 11) is 0. The van der Waals surface area contributed by atoms with Crippen molar-refractivity contribution in [3.8, 4) is 0 Å². The number of halogens is 1. The van der Waals surface area contributed by atoms with Gasteiger partial charge in [-0.05, 0) is 37.3 Å². The number of carboxylic acids is 1. The molecular weight excluding hydrogens is 406 g/mol. The third-order valence-electron chi connectivity index (χ3n) is 4.93. The van der Waals surface area contributed by atoms with Gasteiger partial charge in [-0.1, -0.05) is 50.8 Å². The van der Waals surface area contributed by atoms with Crippen LogP contribution in [-0.4, -0.2) is 38.2 Å². The number of carbonyl (C=O) groups is 2. The van der Waals surface area contributed by atoms with Gasteiger partial charge in [-0.2, -0.15) is 0 Å². The lowest BCUT2D eigenvalue weighted by molar-refractivity contribution is -0.141. The first kappa shape index (κ1) is 25.7. The Morgan fingerprint density at radius 3 is 2.60 bits per heavy atom. The quantitative estimate of drug-likeness (QED) is 0.401. The molecule has 166 valence electrons. The van der Waals surface area contributed by atoms with Crippen LogP contribution in [-0.2, 0) is 11.2 Å². The maximum Gasteiger partial charge on any atom is 0.326 e. The van der Waals surface area contributed by atoms with Crippen LogP contribution in [0.25, 0.3) is 0 Å². The number of para-hydroxylation sites is 1. The van der Waals surface area contributed by atoms with Gasteiger partial charge in [0, 0.05) is 18.5 Å². The maximum atomic E-state index is 12.6. The predicted molar refractivity (Wildman–Crippen MR) is 119 cm³/mol. The van der Waals surface area contributed by atoms with Crippen LogP contribution < -0.4 is 5.32 Å². The van der Waals surface area contributed by atoms with Crippen LogP contribution in [0.4, 0.5) is 5.69 Å². The minimum absolute atomic E-state index is 0. The number of hydrogen-bond donors (Lipinski definition) is 3. The molecule has 1 amide bonds. The summed E-state index contributed by atoms with van der Waals surface area (Å²) in [6, 6.07) is 6.82. The van der Waals surface area contributed by atoms with Crippen molar-refractivity contribution in [1.29, 1.82) is 0 Å². The van der Waals surface area contributed by atoms with E-state index in [2.05, 4.69) is 17.2 Å². The Kier molecular flexibility index (Phi) is 11.8. The fourth-order valence-electron chi connectivity index (χ4n) is 3.26. The Morgan fingerprint density at radius 2 is 1.90 bits per heavy atom. The molecule has 30 heavy (non-hydrogen) atoms. The first-order valence-corrected chi connectivity index (χ1v) is 10.3. The van der Waals surface area contributed by atoms with Crippen LogP contribution in [0, 0.1) is 0 Å². The molecule has 0 fully saturated rings. The van der Waals surface area contributed by atoms with Crippen molar-refractivity contribution < 1.29 is 19.8 Å². The zero-order valence-corrected chi connectivity index (χ0v) is 18.2. The summed E-state index contributed by atoms with van der Waals surface area (Å²) in [6.07, 6.45) is 9.73. The number of hydrogen-bond acceptors (Lipinski definition) is 4. The molecule has 0 aliphatic rings. The Balaban J connectivity index is 0.00000450. The number of imidazole rings is 1. The molecule has 2 rings (SSSR count). The average Bonchev–Trinajstić information content (AvgIpc) is 3.19. The lowest BCUT2D eigenvalue weighted by atomic mass is 10.1. The number of nitrogens with one attached hydrogen (secondary N) is 1. The van der Waals surface area contributed by atoms with Gasteiger partial charge in [-0.25, -0.2) is 9.78 Å². The molecule has 0 bridgehead atoms. The van der Waals surface area contributed by atoms with E-state index in [-0.39, 0.29) is 30.6 Å². The first-order chi connectivity index (χ1) is 14.1. The van der Waals surface area contributed by atoms with Crippen molar-refractivity contribution in [3.63, 3.8) is 0 Å². The number of nitrogens with zero attached hydrogens (tertiary/aromatic N) is 2. The van der Waals surface area contributed by atoms with Gasteiger partial charge in [-0.3, -0.25) is 4.79 Å². The molecule has 8 heteroatoms. The van der Waals surface area contributed by atoms with Gasteiger partial charge in [0.15, 0.2) is 0 Å². The first-order valence-electron chi connectivity index (χ1n) is 10.3. The number of amides is 1. The molecule has 2 aromatic rings. The fourth-order valence-corrected chi connectivity index (χ4v) is 3.26. The molecule has 0 radical (unpaired) electrons. The fraction of sp³-hybridized carbons (Fsp3) is 0.500. The van der Waals surface area contributed by atoms with Gasteiger partial charge < -0.3 is 20.1 Å². The van der Waals surface area contributed by atoms with Crippen molar-refractivity contribution in [3.05, 3.63) is 48.0 Å². The summed E-state index contributed by atoms with van der Waals surface area (Å²) in [4.78, 5) is 28.4. The number of aliphatic carboxylic acids is 1. The third-order valence-corrected chi connectivity index (χ3v) is 4.93. The minimum Gasteiger partial charge on any atom is -0.480 e. The highest BCUT2D eigenvalue weighted by molar-refractivity contribution is 6.03. The van der Waals surface area contributed by atoms with Gasteiger partial charge in [0.25, 0.3) is 5.91 Å². The molecule has 1 heterocycles. The number of aryl methyl sites for hydroxylation is 1. The van der Waals surface area contributed by atoms with Crippen molar-refractivity contribution >= 4 is 30.0 Å². The van der Waals surface area contributed by atoms with E-state index in [9.17, 15) is 14.7 Å². The van der Waals surface area contributed by atoms with Gasteiger partial charge >= 0.3 is 5.97 Å². The van der Waals surface area contributed by atoms with Crippen LogP contribution in [0.1, 0.15) is 74.0 Å². The summed E-state index contributed by atoms with van der Waals surface area (Å²) in [5.74, 6) is -1.28. The van der Waals surface area contributed by atoms with Gasteiger partial charge in [0.1, 0.15) is 11.7 Å². The molecule has 3 N–H and O–H groups in total. The lowest BCUT2D eigenvalue weighted by Gasteiger charge is -2.13. The molecule has 0 aliphatic heterocycles. The number of carboxylic acid groups (broad SMARTS) is 1. The van der Waals surface area contributed by atoms with Crippen molar-refractivity contribution in [2.75, 3.05) is 11.9 Å². The van der Waals surface area contributed by atoms with E-state index in [1.54, 1.807) is 0 Å². The van der Waals surface area contributed by atoms with E-state index < -0.39 is 12.0 Å². The predicted octanol–water partition coefficient (Wildman–Crippen LogP) is 4.47. The summed E-state index contributed by atoms with van der Waals surface area (Å²) >= 11 is 0. The Hall–Kier alpha value is -2.38. The van der Waals surface area contributed by atoms with Crippen LogP contribution in [0.2, 0.25) is 0 Å². The summed E-state index contributed by atoms with van der Waals surface area (Å²) in [6.45, 7) is 2.26. The molecule has 1 aromatic heterocycles. The second-order valence-corrected chi connectivity index (χ2v) is 7.20. The average molecular weight is 438 g/mol. The third kappa shape index (κ3) is 7.80. The topological polar surface area (TPSA) is 104 Å². The highest BCUT2D eigenvalue weighted by atomic mass is 35.5. The van der Waals surface area contributed by atoms with E-state index in [1.165, 1.54) is 17.1 Å². The Morgan fingerprint density at radius 1 is 1.13 bits per heavy atom. The monoisotopic (exact) mass is 437 g/mol. The molecule has 0 aliphatic carbocycles. The number of benzene rings is 1. The van der Waals surface area contributed by atoms with Crippen molar-refractivity contribution in [1.82, 2.24) is 9.55 Å². The zero-order valence-electron chi connectivity index (χ0n) is 17.4.